The van der Waals surface area contributed by atoms with Crippen molar-refractivity contribution in [3.8, 4) is 0 Å². The second kappa shape index (κ2) is 8.87. The van der Waals surface area contributed by atoms with Gasteiger partial charge in [0.15, 0.2) is 6.61 Å². The third kappa shape index (κ3) is 6.06. The average molecular weight is 428 g/mol. The number of carbonyl (C=O) groups excluding carboxylic acids is 3. The summed E-state index contributed by atoms with van der Waals surface area (Å²) in [6.07, 6.45) is 0. The predicted molar refractivity (Wildman–Crippen MR) is 107 cm³/mol. The topological polar surface area (TPSA) is 72.5 Å². The monoisotopic (exact) mass is 427 g/mol. The van der Waals surface area contributed by atoms with Crippen molar-refractivity contribution in [1.29, 1.82) is 0 Å². The van der Waals surface area contributed by atoms with Crippen molar-refractivity contribution < 1.29 is 19.1 Å². The molecule has 2 aromatic rings. The summed E-state index contributed by atoms with van der Waals surface area (Å²) in [6, 6.07) is 7.76. The van der Waals surface area contributed by atoms with Crippen LogP contribution in [0.3, 0.4) is 0 Å². The van der Waals surface area contributed by atoms with E-state index in [1.165, 1.54) is 29.5 Å². The van der Waals surface area contributed by atoms with E-state index in [0.29, 0.717) is 16.4 Å². The summed E-state index contributed by atoms with van der Waals surface area (Å²) >= 11 is 12.9. The minimum absolute atomic E-state index is 0.0701. The summed E-state index contributed by atoms with van der Waals surface area (Å²) in [5, 5.41) is 3.39. The second-order valence-corrected chi connectivity index (χ2v) is 8.81. The van der Waals surface area contributed by atoms with Crippen molar-refractivity contribution in [2.24, 2.45) is 5.41 Å². The van der Waals surface area contributed by atoms with Gasteiger partial charge in [-0.1, -0.05) is 44.0 Å². The number of ketones is 1. The van der Waals surface area contributed by atoms with Gasteiger partial charge in [0, 0.05) is 10.3 Å². The van der Waals surface area contributed by atoms with Gasteiger partial charge in [0.05, 0.1) is 27.0 Å². The van der Waals surface area contributed by atoms with Crippen LogP contribution in [-0.4, -0.2) is 24.3 Å². The standard InChI is InChI=1S/C19H19Cl2NO4S/c1-19(2,3)18(25)22-9-12-5-7-16(27-12)15(23)10-26-17(24)11-4-6-13(20)14(21)8-11/h4-8H,9-10H2,1-3H3,(H,22,25). The summed E-state index contributed by atoms with van der Waals surface area (Å²) in [5.74, 6) is -1.04. The first-order chi connectivity index (χ1) is 12.6. The summed E-state index contributed by atoms with van der Waals surface area (Å²) < 4.78 is 5.04. The lowest BCUT2D eigenvalue weighted by Crippen LogP contribution is -2.34. The van der Waals surface area contributed by atoms with Crippen molar-refractivity contribution in [1.82, 2.24) is 5.32 Å². The third-order valence-electron chi connectivity index (χ3n) is 3.53. The molecule has 5 nitrogen and oxygen atoms in total. The zero-order valence-electron chi connectivity index (χ0n) is 15.1. The predicted octanol–water partition coefficient (Wildman–Crippen LogP) is 4.76. The molecule has 27 heavy (non-hydrogen) atoms. The number of benzene rings is 1. The SMILES string of the molecule is CC(C)(C)C(=O)NCc1ccc(C(=O)COC(=O)c2ccc(Cl)c(Cl)c2)s1. The molecule has 0 spiro atoms. The zero-order chi connectivity index (χ0) is 20.2. The Balaban J connectivity index is 1.89. The van der Waals surface area contributed by atoms with E-state index in [1.54, 1.807) is 12.1 Å². The summed E-state index contributed by atoms with van der Waals surface area (Å²) in [6.45, 7) is 5.44. The molecule has 8 heteroatoms. The van der Waals surface area contributed by atoms with Gasteiger partial charge in [0.25, 0.3) is 0 Å². The molecule has 0 atom stereocenters. The fourth-order valence-corrected chi connectivity index (χ4v) is 3.13. The van der Waals surface area contributed by atoms with Crippen LogP contribution in [0.25, 0.3) is 0 Å². The minimum atomic E-state index is -0.656. The van der Waals surface area contributed by atoms with Crippen LogP contribution in [0.5, 0.6) is 0 Å². The number of amides is 1. The van der Waals surface area contributed by atoms with E-state index < -0.39 is 11.4 Å². The summed E-state index contributed by atoms with van der Waals surface area (Å²) in [5.41, 5.74) is -0.261. The molecule has 0 aliphatic carbocycles. The number of esters is 1. The maximum absolute atomic E-state index is 12.2. The second-order valence-electron chi connectivity index (χ2n) is 6.83. The number of ether oxygens (including phenoxy) is 1. The van der Waals surface area contributed by atoms with Crippen molar-refractivity contribution in [2.75, 3.05) is 6.61 Å². The first-order valence-corrected chi connectivity index (χ1v) is 9.67. The van der Waals surface area contributed by atoms with Crippen LogP contribution in [0.1, 0.15) is 45.7 Å². The number of rotatable bonds is 6. The molecule has 0 saturated carbocycles. The number of hydrogen-bond acceptors (Lipinski definition) is 5. The van der Waals surface area contributed by atoms with E-state index in [9.17, 15) is 14.4 Å². The Hall–Kier alpha value is -1.89. The highest BCUT2D eigenvalue weighted by Crippen LogP contribution is 2.23. The Bertz CT molecular complexity index is 871. The number of halogens is 2. The first-order valence-electron chi connectivity index (χ1n) is 8.10. The molecule has 144 valence electrons. The molecule has 1 aromatic heterocycles. The molecule has 0 aliphatic rings. The van der Waals surface area contributed by atoms with Gasteiger partial charge in [-0.2, -0.15) is 0 Å². The highest BCUT2D eigenvalue weighted by Gasteiger charge is 2.21. The Labute approximate surface area is 171 Å². The molecule has 1 N–H and O–H groups in total. The molecule has 0 bridgehead atoms. The van der Waals surface area contributed by atoms with Crippen LogP contribution in [0, 0.1) is 5.41 Å². The zero-order valence-corrected chi connectivity index (χ0v) is 17.4. The largest absolute Gasteiger partial charge is 0.454 e. The molecule has 1 amide bonds. The van der Waals surface area contributed by atoms with E-state index in [0.717, 1.165) is 4.88 Å². The van der Waals surface area contributed by atoms with Crippen LogP contribution in [0.15, 0.2) is 30.3 Å². The molecule has 1 heterocycles. The van der Waals surface area contributed by atoms with Gasteiger partial charge in [-0.05, 0) is 30.3 Å². The van der Waals surface area contributed by atoms with Gasteiger partial charge in [0.1, 0.15) is 0 Å². The normalized spacial score (nSPS) is 11.1. The maximum Gasteiger partial charge on any atom is 0.338 e. The number of nitrogens with one attached hydrogen (secondary N) is 1. The quantitative estimate of drug-likeness (QED) is 0.532. The van der Waals surface area contributed by atoms with Gasteiger partial charge in [0.2, 0.25) is 11.7 Å². The lowest BCUT2D eigenvalue weighted by Gasteiger charge is -2.17. The fraction of sp³-hybridized carbons (Fsp3) is 0.316. The Kier molecular flexibility index (Phi) is 7.03. The van der Waals surface area contributed by atoms with Gasteiger partial charge in [-0.3, -0.25) is 9.59 Å². The number of thiophene rings is 1. The van der Waals surface area contributed by atoms with Crippen molar-refractivity contribution >= 4 is 52.2 Å². The molecule has 0 saturated heterocycles. The fourth-order valence-electron chi connectivity index (χ4n) is 1.96. The highest BCUT2D eigenvalue weighted by molar-refractivity contribution is 7.14. The Morgan fingerprint density at radius 3 is 2.41 bits per heavy atom. The first kappa shape index (κ1) is 21.4. The molecule has 0 unspecified atom stereocenters. The van der Waals surface area contributed by atoms with Gasteiger partial charge < -0.3 is 10.1 Å². The molecule has 1 aromatic carbocycles. The molecular weight excluding hydrogens is 409 g/mol. The van der Waals surface area contributed by atoms with E-state index >= 15 is 0 Å². The molecule has 0 aliphatic heterocycles. The lowest BCUT2D eigenvalue weighted by atomic mass is 9.96. The molecule has 0 radical (unpaired) electrons. The van der Waals surface area contributed by atoms with Gasteiger partial charge >= 0.3 is 5.97 Å². The van der Waals surface area contributed by atoms with Gasteiger partial charge in [-0.15, -0.1) is 11.3 Å². The van der Waals surface area contributed by atoms with Crippen LogP contribution in [0.2, 0.25) is 10.0 Å². The maximum atomic E-state index is 12.2. The van der Waals surface area contributed by atoms with E-state index in [2.05, 4.69) is 5.32 Å². The Morgan fingerprint density at radius 1 is 1.07 bits per heavy atom. The van der Waals surface area contributed by atoms with Crippen LogP contribution in [-0.2, 0) is 16.1 Å². The minimum Gasteiger partial charge on any atom is -0.454 e. The molecular formula is C19H19Cl2NO4S. The summed E-state index contributed by atoms with van der Waals surface area (Å²) in [4.78, 5) is 37.4. The summed E-state index contributed by atoms with van der Waals surface area (Å²) in [7, 11) is 0. The smallest absolute Gasteiger partial charge is 0.338 e. The number of hydrogen-bond donors (Lipinski definition) is 1. The van der Waals surface area contributed by atoms with Crippen molar-refractivity contribution in [2.45, 2.75) is 27.3 Å². The van der Waals surface area contributed by atoms with Crippen molar-refractivity contribution in [3.05, 3.63) is 55.7 Å². The lowest BCUT2D eigenvalue weighted by molar-refractivity contribution is -0.128. The van der Waals surface area contributed by atoms with Crippen LogP contribution < -0.4 is 5.32 Å². The number of Topliss-reactive ketones (excluding diaryl/α,β-unsaturated/α-hetero) is 1. The van der Waals surface area contributed by atoms with Crippen LogP contribution in [0.4, 0.5) is 0 Å². The Morgan fingerprint density at radius 2 is 1.78 bits per heavy atom. The van der Waals surface area contributed by atoms with E-state index in [-0.39, 0.29) is 28.9 Å². The van der Waals surface area contributed by atoms with Crippen molar-refractivity contribution in [3.63, 3.8) is 0 Å². The van der Waals surface area contributed by atoms with Crippen LogP contribution >= 0.6 is 34.5 Å². The number of carbonyl (C=O) groups is 3. The van der Waals surface area contributed by atoms with Gasteiger partial charge in [-0.25, -0.2) is 4.79 Å². The third-order valence-corrected chi connectivity index (χ3v) is 5.40. The highest BCUT2D eigenvalue weighted by atomic mass is 35.5. The van der Waals surface area contributed by atoms with E-state index in [4.69, 9.17) is 27.9 Å². The molecule has 0 fully saturated rings. The van der Waals surface area contributed by atoms with E-state index in [1.807, 2.05) is 20.8 Å². The average Bonchev–Trinajstić information content (AvgIpc) is 3.07. The molecule has 2 rings (SSSR count).